The van der Waals surface area contributed by atoms with Crippen molar-refractivity contribution in [2.45, 2.75) is 0 Å². The molecule has 0 aliphatic heterocycles. The Balaban J connectivity index is 1.72. The lowest BCUT2D eigenvalue weighted by Crippen LogP contribution is -1.93. The third-order valence-electron chi connectivity index (χ3n) is 2.82. The number of hydrazone groups is 1. The fourth-order valence-electron chi connectivity index (χ4n) is 1.79. The number of nitrogens with one attached hydrogen (secondary N) is 1. The van der Waals surface area contributed by atoms with Gasteiger partial charge in [-0.2, -0.15) is 5.10 Å². The second-order valence-electron chi connectivity index (χ2n) is 4.55. The van der Waals surface area contributed by atoms with Crippen LogP contribution in [0, 0.1) is 5.82 Å². The van der Waals surface area contributed by atoms with Crippen LogP contribution >= 0.6 is 11.3 Å². The van der Waals surface area contributed by atoms with Gasteiger partial charge >= 0.3 is 0 Å². The van der Waals surface area contributed by atoms with Crippen molar-refractivity contribution in [2.75, 3.05) is 11.2 Å². The van der Waals surface area contributed by atoms with Gasteiger partial charge in [0.05, 0.1) is 6.21 Å². The van der Waals surface area contributed by atoms with Gasteiger partial charge in [-0.3, -0.25) is 5.43 Å². The fourth-order valence-corrected chi connectivity index (χ4v) is 2.34. The lowest BCUT2D eigenvalue weighted by Gasteiger charge is -2.07. The van der Waals surface area contributed by atoms with E-state index in [1.165, 1.54) is 17.4 Å². The van der Waals surface area contributed by atoms with Crippen LogP contribution in [0.1, 0.15) is 5.56 Å². The summed E-state index contributed by atoms with van der Waals surface area (Å²) in [5.74, 6) is 0.704. The van der Waals surface area contributed by atoms with Gasteiger partial charge in [-0.1, -0.05) is 24.3 Å². The molecule has 0 bridgehead atoms. The number of halogens is 1. The number of nitrogens with two attached hydrogens (primary N) is 1. The number of nitrogen functional groups attached to an aromatic ring is 1. The number of ether oxygens (including phenoxy) is 1. The van der Waals surface area contributed by atoms with E-state index in [1.807, 2.05) is 18.2 Å². The van der Waals surface area contributed by atoms with Crippen LogP contribution in [0.15, 0.2) is 59.0 Å². The Hall–Kier alpha value is -2.93. The molecular weight excluding hydrogens is 315 g/mol. The molecule has 3 rings (SSSR count). The highest BCUT2D eigenvalue weighted by Crippen LogP contribution is 2.25. The first kappa shape index (κ1) is 15.0. The summed E-state index contributed by atoms with van der Waals surface area (Å²) in [6.07, 6.45) is 1.55. The van der Waals surface area contributed by atoms with E-state index in [2.05, 4.69) is 15.5 Å². The largest absolute Gasteiger partial charge is 0.454 e. The van der Waals surface area contributed by atoms with Crippen molar-refractivity contribution in [1.82, 2.24) is 4.98 Å². The predicted octanol–water partition coefficient (Wildman–Crippen LogP) is 4.10. The normalized spacial score (nSPS) is 10.8. The maximum atomic E-state index is 13.8. The monoisotopic (exact) mass is 328 g/mol. The number of nitrogens with zero attached hydrogens (tertiary/aromatic N) is 2. The highest BCUT2D eigenvalue weighted by Gasteiger charge is 2.05. The molecule has 1 aromatic heterocycles. The van der Waals surface area contributed by atoms with E-state index in [4.69, 9.17) is 10.5 Å². The Kier molecular flexibility index (Phi) is 4.49. The third-order valence-corrected chi connectivity index (χ3v) is 3.59. The smallest absolute Gasteiger partial charge is 0.205 e. The molecule has 0 saturated carbocycles. The first-order chi connectivity index (χ1) is 11.2. The van der Waals surface area contributed by atoms with Crippen LogP contribution in [-0.4, -0.2) is 11.2 Å². The van der Waals surface area contributed by atoms with E-state index < -0.39 is 5.82 Å². The lowest BCUT2D eigenvalue weighted by atomic mass is 10.2. The molecular formula is C16H13FN4OS. The van der Waals surface area contributed by atoms with Crippen LogP contribution in [0.5, 0.6) is 11.5 Å². The Morgan fingerprint density at radius 1 is 1.22 bits per heavy atom. The van der Waals surface area contributed by atoms with Crippen molar-refractivity contribution in [3.63, 3.8) is 0 Å². The van der Waals surface area contributed by atoms with Crippen LogP contribution in [0.25, 0.3) is 0 Å². The molecule has 0 fully saturated rings. The number of para-hydroxylation sites is 1. The summed E-state index contributed by atoms with van der Waals surface area (Å²) in [7, 11) is 0. The van der Waals surface area contributed by atoms with Crippen LogP contribution < -0.4 is 15.9 Å². The number of rotatable bonds is 5. The molecule has 7 heteroatoms. The van der Waals surface area contributed by atoms with Crippen molar-refractivity contribution in [1.29, 1.82) is 0 Å². The molecule has 0 spiro atoms. The fraction of sp³-hybridized carbons (Fsp3) is 0. The summed E-state index contributed by atoms with van der Waals surface area (Å²) < 4.78 is 19.4. The molecule has 1 heterocycles. The average Bonchev–Trinajstić information content (AvgIpc) is 2.97. The summed E-state index contributed by atoms with van der Waals surface area (Å²) in [6, 6.07) is 13.5. The van der Waals surface area contributed by atoms with Crippen LogP contribution in [0.2, 0.25) is 0 Å². The van der Waals surface area contributed by atoms with Crippen molar-refractivity contribution < 1.29 is 9.13 Å². The minimum Gasteiger partial charge on any atom is -0.454 e. The van der Waals surface area contributed by atoms with E-state index in [0.29, 0.717) is 22.3 Å². The Bertz CT molecular complexity index is 820. The van der Waals surface area contributed by atoms with E-state index in [-0.39, 0.29) is 5.75 Å². The van der Waals surface area contributed by atoms with Gasteiger partial charge in [-0.15, -0.1) is 11.3 Å². The SMILES string of the molecule is Nc1csc(NN=Cc2ccc(F)c(Oc3ccccc3)c2)n1. The summed E-state index contributed by atoms with van der Waals surface area (Å²) in [5.41, 5.74) is 8.97. The van der Waals surface area contributed by atoms with E-state index in [0.717, 1.165) is 0 Å². The van der Waals surface area contributed by atoms with Crippen LogP contribution in [-0.2, 0) is 0 Å². The van der Waals surface area contributed by atoms with Gasteiger partial charge in [0.25, 0.3) is 0 Å². The van der Waals surface area contributed by atoms with E-state index in [1.54, 1.807) is 35.9 Å². The highest BCUT2D eigenvalue weighted by molar-refractivity contribution is 7.14. The second-order valence-corrected chi connectivity index (χ2v) is 5.41. The molecule has 116 valence electrons. The zero-order valence-electron chi connectivity index (χ0n) is 11.9. The van der Waals surface area contributed by atoms with Gasteiger partial charge in [0.2, 0.25) is 5.13 Å². The number of anilines is 2. The van der Waals surface area contributed by atoms with Crippen molar-refractivity contribution in [2.24, 2.45) is 5.10 Å². The molecule has 0 radical (unpaired) electrons. The minimum atomic E-state index is -0.438. The first-order valence-electron chi connectivity index (χ1n) is 6.73. The van der Waals surface area contributed by atoms with Crippen molar-refractivity contribution in [3.05, 3.63) is 65.3 Å². The average molecular weight is 328 g/mol. The molecule has 5 nitrogen and oxygen atoms in total. The lowest BCUT2D eigenvalue weighted by molar-refractivity contribution is 0.442. The zero-order chi connectivity index (χ0) is 16.1. The van der Waals surface area contributed by atoms with Gasteiger partial charge in [0, 0.05) is 5.38 Å². The quantitative estimate of drug-likeness (QED) is 0.546. The Labute approximate surface area is 136 Å². The molecule has 0 saturated heterocycles. The molecule has 0 amide bonds. The van der Waals surface area contributed by atoms with Gasteiger partial charge in [0.15, 0.2) is 11.6 Å². The topological polar surface area (TPSA) is 72.5 Å². The molecule has 23 heavy (non-hydrogen) atoms. The number of thiazole rings is 1. The number of hydrogen-bond acceptors (Lipinski definition) is 6. The minimum absolute atomic E-state index is 0.138. The highest BCUT2D eigenvalue weighted by atomic mass is 32.1. The second kappa shape index (κ2) is 6.89. The van der Waals surface area contributed by atoms with Gasteiger partial charge in [0.1, 0.15) is 11.6 Å². The van der Waals surface area contributed by atoms with Crippen LogP contribution in [0.3, 0.4) is 0 Å². The van der Waals surface area contributed by atoms with E-state index in [9.17, 15) is 4.39 Å². The van der Waals surface area contributed by atoms with Crippen molar-refractivity contribution >= 4 is 28.5 Å². The molecule has 3 N–H and O–H groups in total. The van der Waals surface area contributed by atoms with Gasteiger partial charge in [-0.25, -0.2) is 9.37 Å². The van der Waals surface area contributed by atoms with E-state index >= 15 is 0 Å². The first-order valence-corrected chi connectivity index (χ1v) is 7.61. The van der Waals surface area contributed by atoms with Gasteiger partial charge in [-0.05, 0) is 29.8 Å². The Morgan fingerprint density at radius 2 is 2.04 bits per heavy atom. The zero-order valence-corrected chi connectivity index (χ0v) is 12.8. The number of hydrogen-bond donors (Lipinski definition) is 2. The third kappa shape index (κ3) is 4.04. The molecule has 2 aromatic carbocycles. The Morgan fingerprint density at radius 3 is 2.78 bits per heavy atom. The number of aromatic nitrogens is 1. The maximum absolute atomic E-state index is 13.8. The summed E-state index contributed by atoms with van der Waals surface area (Å²) in [6.45, 7) is 0. The summed E-state index contributed by atoms with van der Waals surface area (Å²) in [4.78, 5) is 4.02. The maximum Gasteiger partial charge on any atom is 0.205 e. The molecule has 3 aromatic rings. The van der Waals surface area contributed by atoms with Crippen molar-refractivity contribution in [3.8, 4) is 11.5 Å². The number of benzene rings is 2. The molecule has 0 aliphatic carbocycles. The molecule has 0 atom stereocenters. The predicted molar refractivity (Wildman–Crippen MR) is 90.7 cm³/mol. The van der Waals surface area contributed by atoms with Crippen LogP contribution in [0.4, 0.5) is 15.3 Å². The summed E-state index contributed by atoms with van der Waals surface area (Å²) >= 11 is 1.35. The summed E-state index contributed by atoms with van der Waals surface area (Å²) in [5, 5.41) is 6.34. The molecule has 0 unspecified atom stereocenters. The standard InChI is InChI=1S/C16H13FN4OS/c17-13-7-6-11(9-19-21-16-20-15(18)10-23-16)8-14(13)22-12-4-2-1-3-5-12/h1-10H,18H2,(H,20,21). The van der Waals surface area contributed by atoms with Gasteiger partial charge < -0.3 is 10.5 Å². The molecule has 0 aliphatic rings.